The van der Waals surface area contributed by atoms with E-state index in [1.165, 1.54) is 37.9 Å². The predicted molar refractivity (Wildman–Crippen MR) is 93.5 cm³/mol. The van der Waals surface area contributed by atoms with Crippen LogP contribution in [-0.2, 0) is 0 Å². The molecule has 4 aromatic rings. The van der Waals surface area contributed by atoms with Gasteiger partial charge in [-0.3, -0.25) is 0 Å². The molecule has 0 aliphatic carbocycles. The Morgan fingerprint density at radius 2 is 1.36 bits per heavy atom. The molecule has 4 aromatic carbocycles. The molecule has 104 valence electrons. The van der Waals surface area contributed by atoms with Gasteiger partial charge in [0.25, 0.3) is 0 Å². The van der Waals surface area contributed by atoms with E-state index in [1.807, 2.05) is 0 Å². The third-order valence-corrected chi connectivity index (χ3v) is 4.53. The lowest BCUT2D eigenvalue weighted by Gasteiger charge is -2.16. The van der Waals surface area contributed by atoms with Crippen molar-refractivity contribution in [3.63, 3.8) is 0 Å². The summed E-state index contributed by atoms with van der Waals surface area (Å²) in [7, 11) is 0. The fourth-order valence-corrected chi connectivity index (χ4v) is 3.49. The van der Waals surface area contributed by atoms with E-state index in [-0.39, 0.29) is 0 Å². The Morgan fingerprint density at radius 1 is 0.636 bits per heavy atom. The van der Waals surface area contributed by atoms with Gasteiger partial charge in [0.15, 0.2) is 0 Å². The van der Waals surface area contributed by atoms with Gasteiger partial charge in [-0.1, -0.05) is 60.7 Å². The van der Waals surface area contributed by atoms with Crippen LogP contribution in [0.1, 0.15) is 5.56 Å². The molecular weight excluding hydrogens is 268 g/mol. The van der Waals surface area contributed by atoms with Crippen molar-refractivity contribution in [2.24, 2.45) is 0 Å². The average molecular weight is 282 g/mol. The van der Waals surface area contributed by atoms with E-state index in [1.54, 1.807) is 0 Å². The van der Waals surface area contributed by atoms with E-state index in [4.69, 9.17) is 4.74 Å². The van der Waals surface area contributed by atoms with Gasteiger partial charge in [-0.2, -0.15) is 0 Å². The molecule has 1 aliphatic heterocycles. The molecule has 5 rings (SSSR count). The van der Waals surface area contributed by atoms with E-state index in [0.717, 1.165) is 5.75 Å². The molecule has 0 atom stereocenters. The molecule has 0 N–H and O–H groups in total. The summed E-state index contributed by atoms with van der Waals surface area (Å²) in [5, 5.41) is 7.64. The molecule has 0 amide bonds. The first-order valence-electron chi connectivity index (χ1n) is 7.58. The van der Waals surface area contributed by atoms with Gasteiger partial charge in [0, 0.05) is 10.9 Å². The second-order valence-corrected chi connectivity index (χ2v) is 5.74. The van der Waals surface area contributed by atoms with Crippen molar-refractivity contribution in [1.82, 2.24) is 0 Å². The van der Waals surface area contributed by atoms with Crippen molar-refractivity contribution in [3.05, 3.63) is 72.3 Å². The molecule has 0 spiro atoms. The number of hydrogen-bond acceptors (Lipinski definition) is 1. The lowest BCUT2D eigenvalue weighted by Crippen LogP contribution is -2.00. The molecule has 1 heteroatoms. The average Bonchev–Trinajstić information content (AvgIpc) is 2.60. The van der Waals surface area contributed by atoms with Crippen LogP contribution < -0.4 is 4.74 Å². The van der Waals surface area contributed by atoms with E-state index < -0.39 is 0 Å². The number of ether oxygens (including phenoxy) is 1. The summed E-state index contributed by atoms with van der Waals surface area (Å²) < 4.78 is 5.89. The Hall–Kier alpha value is -2.80. The molecule has 0 radical (unpaired) electrons. The molecule has 1 heterocycles. The van der Waals surface area contributed by atoms with Crippen molar-refractivity contribution in [2.75, 3.05) is 6.61 Å². The van der Waals surface area contributed by atoms with Crippen LogP contribution in [0.25, 0.3) is 38.4 Å². The molecule has 1 nitrogen and oxygen atoms in total. The van der Waals surface area contributed by atoms with Crippen LogP contribution in [0.5, 0.6) is 5.75 Å². The fraction of sp³-hybridized carbons (Fsp3) is 0.0476. The molecule has 0 unspecified atom stereocenters. The number of benzene rings is 4. The summed E-state index contributed by atoms with van der Waals surface area (Å²) in [4.78, 5) is 0. The third-order valence-electron chi connectivity index (χ3n) is 4.53. The molecule has 0 fully saturated rings. The minimum absolute atomic E-state index is 0.655. The van der Waals surface area contributed by atoms with Crippen LogP contribution in [0.3, 0.4) is 0 Å². The van der Waals surface area contributed by atoms with Gasteiger partial charge < -0.3 is 4.74 Å². The van der Waals surface area contributed by atoms with Gasteiger partial charge in [-0.15, -0.1) is 0 Å². The quantitative estimate of drug-likeness (QED) is 0.384. The Bertz CT molecular complexity index is 1070. The van der Waals surface area contributed by atoms with Crippen LogP contribution in [0.4, 0.5) is 0 Å². The Morgan fingerprint density at radius 3 is 2.36 bits per heavy atom. The zero-order valence-electron chi connectivity index (χ0n) is 12.0. The zero-order chi connectivity index (χ0) is 14.5. The maximum absolute atomic E-state index is 5.89. The molecule has 22 heavy (non-hydrogen) atoms. The first kappa shape index (κ1) is 11.8. The third kappa shape index (κ3) is 1.54. The smallest absolute Gasteiger partial charge is 0.134 e. The number of fused-ring (bicyclic) bond motifs is 7. The maximum Gasteiger partial charge on any atom is 0.134 e. The maximum atomic E-state index is 5.89. The van der Waals surface area contributed by atoms with E-state index in [2.05, 4.69) is 72.8 Å². The summed E-state index contributed by atoms with van der Waals surface area (Å²) in [6, 6.07) is 21.8. The Labute approximate surface area is 128 Å². The van der Waals surface area contributed by atoms with Crippen LogP contribution >= 0.6 is 0 Å². The van der Waals surface area contributed by atoms with Crippen molar-refractivity contribution in [3.8, 4) is 5.75 Å². The van der Waals surface area contributed by atoms with Gasteiger partial charge in [-0.05, 0) is 39.1 Å². The fourth-order valence-electron chi connectivity index (χ4n) is 3.49. The molecule has 0 saturated heterocycles. The summed E-state index contributed by atoms with van der Waals surface area (Å²) >= 11 is 0. The van der Waals surface area contributed by atoms with Crippen LogP contribution in [-0.4, -0.2) is 6.61 Å². The number of hydrogen-bond donors (Lipinski definition) is 0. The van der Waals surface area contributed by atoms with Crippen LogP contribution in [0, 0.1) is 0 Å². The van der Waals surface area contributed by atoms with Crippen LogP contribution in [0.2, 0.25) is 0 Å². The number of rotatable bonds is 0. The SMILES string of the molecule is C1=Cc2ccc3c(ccc4c5ccccc5ccc34)c2OC1. The highest BCUT2D eigenvalue weighted by molar-refractivity contribution is 6.18. The first-order chi connectivity index (χ1) is 10.9. The Kier molecular flexibility index (Phi) is 2.33. The largest absolute Gasteiger partial charge is 0.488 e. The minimum atomic E-state index is 0.655. The standard InChI is InChI=1S/C21H14O/c1-2-6-16-14(4-1)7-9-18-17(16)11-12-20-19(18)10-8-15-5-3-13-22-21(15)20/h1-12H,13H2. The highest BCUT2D eigenvalue weighted by Crippen LogP contribution is 2.38. The van der Waals surface area contributed by atoms with Crippen LogP contribution in [0.15, 0.2) is 66.7 Å². The van der Waals surface area contributed by atoms with Crippen molar-refractivity contribution < 1.29 is 4.74 Å². The lowest BCUT2D eigenvalue weighted by atomic mass is 9.95. The minimum Gasteiger partial charge on any atom is -0.488 e. The first-order valence-corrected chi connectivity index (χ1v) is 7.58. The Balaban J connectivity index is 1.97. The summed E-state index contributed by atoms with van der Waals surface area (Å²) in [6.45, 7) is 0.655. The van der Waals surface area contributed by atoms with E-state index in [0.29, 0.717) is 6.61 Å². The van der Waals surface area contributed by atoms with Crippen molar-refractivity contribution in [2.45, 2.75) is 0 Å². The van der Waals surface area contributed by atoms with Gasteiger partial charge in [0.2, 0.25) is 0 Å². The second-order valence-electron chi connectivity index (χ2n) is 5.74. The van der Waals surface area contributed by atoms with Crippen molar-refractivity contribution in [1.29, 1.82) is 0 Å². The van der Waals surface area contributed by atoms with Gasteiger partial charge in [0.05, 0.1) is 0 Å². The molecule has 0 saturated carbocycles. The predicted octanol–water partition coefficient (Wildman–Crippen LogP) is 5.55. The highest BCUT2D eigenvalue weighted by atomic mass is 16.5. The molecule has 0 aromatic heterocycles. The highest BCUT2D eigenvalue weighted by Gasteiger charge is 2.12. The topological polar surface area (TPSA) is 9.23 Å². The summed E-state index contributed by atoms with van der Waals surface area (Å²) in [5.74, 6) is 1.01. The van der Waals surface area contributed by atoms with Gasteiger partial charge >= 0.3 is 0 Å². The monoisotopic (exact) mass is 282 g/mol. The van der Waals surface area contributed by atoms with E-state index in [9.17, 15) is 0 Å². The normalized spacial score (nSPS) is 13.5. The zero-order valence-corrected chi connectivity index (χ0v) is 12.0. The van der Waals surface area contributed by atoms with Gasteiger partial charge in [-0.25, -0.2) is 0 Å². The van der Waals surface area contributed by atoms with Gasteiger partial charge in [0.1, 0.15) is 12.4 Å². The van der Waals surface area contributed by atoms with Crippen molar-refractivity contribution >= 4 is 38.4 Å². The molecular formula is C21H14O. The second kappa shape index (κ2) is 4.35. The summed E-state index contributed by atoms with van der Waals surface area (Å²) in [6.07, 6.45) is 4.20. The molecule has 1 aliphatic rings. The molecule has 0 bridgehead atoms. The summed E-state index contributed by atoms with van der Waals surface area (Å²) in [5.41, 5.74) is 1.17. The lowest BCUT2D eigenvalue weighted by molar-refractivity contribution is 0.363. The van der Waals surface area contributed by atoms with E-state index >= 15 is 0 Å².